The molecular weight excluding hydrogens is 420 g/mol. The maximum atomic E-state index is 5.66. The molecule has 1 saturated heterocycles. The highest BCUT2D eigenvalue weighted by Gasteiger charge is 2.28. The van der Waals surface area contributed by atoms with Crippen LogP contribution in [0.5, 0.6) is 5.75 Å². The van der Waals surface area contributed by atoms with Gasteiger partial charge in [0.15, 0.2) is 0 Å². The van der Waals surface area contributed by atoms with E-state index in [1.807, 2.05) is 12.1 Å². The number of nitrogens with one attached hydrogen (secondary N) is 1. The summed E-state index contributed by atoms with van der Waals surface area (Å²) in [6.45, 7) is 4.05. The standard InChI is InChI=1S/C18H20Br2N2O/c1-23-17-7-6-13(19)12-15(17)18(22-10-8-21-9-11-22)14-4-2-3-5-16(14)20/h2-7,12,18,21H,8-11H2,1H3. The van der Waals surface area contributed by atoms with E-state index in [2.05, 4.69) is 72.4 Å². The first kappa shape index (κ1) is 17.0. The third kappa shape index (κ3) is 3.79. The molecule has 1 unspecified atom stereocenters. The molecular formula is C18H20Br2N2O. The van der Waals surface area contributed by atoms with Gasteiger partial charge in [-0.05, 0) is 29.8 Å². The number of hydrogen-bond donors (Lipinski definition) is 1. The minimum absolute atomic E-state index is 0.167. The molecule has 0 aromatic heterocycles. The zero-order chi connectivity index (χ0) is 16.2. The van der Waals surface area contributed by atoms with Crippen molar-refractivity contribution in [1.82, 2.24) is 10.2 Å². The van der Waals surface area contributed by atoms with Gasteiger partial charge in [-0.15, -0.1) is 0 Å². The van der Waals surface area contributed by atoms with E-state index in [-0.39, 0.29) is 6.04 Å². The average Bonchev–Trinajstić information content (AvgIpc) is 2.58. The molecule has 122 valence electrons. The van der Waals surface area contributed by atoms with Gasteiger partial charge in [0.1, 0.15) is 5.75 Å². The third-order valence-corrected chi connectivity index (χ3v) is 5.42. The lowest BCUT2D eigenvalue weighted by molar-refractivity contribution is 0.195. The molecule has 1 atom stereocenters. The summed E-state index contributed by atoms with van der Waals surface area (Å²) in [6, 6.07) is 14.8. The molecule has 0 bridgehead atoms. The topological polar surface area (TPSA) is 24.5 Å². The Kier molecular flexibility index (Phi) is 5.75. The van der Waals surface area contributed by atoms with Crippen molar-refractivity contribution in [3.63, 3.8) is 0 Å². The second-order valence-electron chi connectivity index (χ2n) is 5.60. The lowest BCUT2D eigenvalue weighted by Crippen LogP contribution is -2.45. The molecule has 0 spiro atoms. The number of nitrogens with zero attached hydrogens (tertiary/aromatic N) is 1. The van der Waals surface area contributed by atoms with Crippen molar-refractivity contribution in [2.75, 3.05) is 33.3 Å². The molecule has 1 fully saturated rings. The van der Waals surface area contributed by atoms with Gasteiger partial charge in [0.05, 0.1) is 13.2 Å². The van der Waals surface area contributed by atoms with E-state index in [0.717, 1.165) is 40.9 Å². The maximum absolute atomic E-state index is 5.66. The highest BCUT2D eigenvalue weighted by atomic mass is 79.9. The number of ether oxygens (including phenoxy) is 1. The van der Waals surface area contributed by atoms with Gasteiger partial charge in [0, 0.05) is 40.7 Å². The van der Waals surface area contributed by atoms with Crippen LogP contribution in [0.25, 0.3) is 0 Å². The number of halogens is 2. The quantitative estimate of drug-likeness (QED) is 0.771. The third-order valence-electron chi connectivity index (χ3n) is 4.20. The normalized spacial score (nSPS) is 17.0. The van der Waals surface area contributed by atoms with Gasteiger partial charge in [-0.2, -0.15) is 0 Å². The number of hydrogen-bond acceptors (Lipinski definition) is 3. The number of benzene rings is 2. The van der Waals surface area contributed by atoms with E-state index in [4.69, 9.17) is 4.74 Å². The first-order valence-electron chi connectivity index (χ1n) is 7.73. The van der Waals surface area contributed by atoms with Crippen molar-refractivity contribution < 1.29 is 4.74 Å². The lowest BCUT2D eigenvalue weighted by atomic mass is 9.95. The fourth-order valence-corrected chi connectivity index (χ4v) is 4.00. The van der Waals surface area contributed by atoms with Crippen molar-refractivity contribution in [3.05, 3.63) is 62.5 Å². The number of methoxy groups -OCH3 is 1. The van der Waals surface area contributed by atoms with Crippen LogP contribution < -0.4 is 10.1 Å². The van der Waals surface area contributed by atoms with Gasteiger partial charge in [-0.3, -0.25) is 4.90 Å². The van der Waals surface area contributed by atoms with Crippen LogP contribution in [0.1, 0.15) is 17.2 Å². The van der Waals surface area contributed by atoms with Gasteiger partial charge >= 0.3 is 0 Å². The van der Waals surface area contributed by atoms with Gasteiger partial charge in [0.2, 0.25) is 0 Å². The summed E-state index contributed by atoms with van der Waals surface area (Å²) in [5.41, 5.74) is 2.46. The predicted molar refractivity (Wildman–Crippen MR) is 101 cm³/mol. The predicted octanol–water partition coefficient (Wildman–Crippen LogP) is 4.21. The van der Waals surface area contributed by atoms with Crippen LogP contribution in [0, 0.1) is 0 Å². The zero-order valence-corrected chi connectivity index (χ0v) is 16.2. The monoisotopic (exact) mass is 438 g/mol. The van der Waals surface area contributed by atoms with Gasteiger partial charge in [0.25, 0.3) is 0 Å². The van der Waals surface area contributed by atoms with Crippen LogP contribution in [0.15, 0.2) is 51.4 Å². The summed E-state index contributed by atoms with van der Waals surface area (Å²) in [5, 5.41) is 3.43. The zero-order valence-electron chi connectivity index (χ0n) is 13.1. The molecule has 1 aliphatic rings. The summed E-state index contributed by atoms with van der Waals surface area (Å²) in [4.78, 5) is 2.51. The second-order valence-corrected chi connectivity index (χ2v) is 7.37. The van der Waals surface area contributed by atoms with Crippen LogP contribution in [0.4, 0.5) is 0 Å². The van der Waals surface area contributed by atoms with Crippen LogP contribution in [0.2, 0.25) is 0 Å². The van der Waals surface area contributed by atoms with E-state index in [9.17, 15) is 0 Å². The summed E-state index contributed by atoms with van der Waals surface area (Å²) in [7, 11) is 1.74. The summed E-state index contributed by atoms with van der Waals surface area (Å²) in [6.07, 6.45) is 0. The lowest BCUT2D eigenvalue weighted by Gasteiger charge is -2.36. The number of piperazine rings is 1. The molecule has 2 aromatic rings. The van der Waals surface area contributed by atoms with Crippen LogP contribution >= 0.6 is 31.9 Å². The maximum Gasteiger partial charge on any atom is 0.124 e. The largest absolute Gasteiger partial charge is 0.496 e. The van der Waals surface area contributed by atoms with Gasteiger partial charge < -0.3 is 10.1 Å². The molecule has 0 radical (unpaired) electrons. The Balaban J connectivity index is 2.12. The van der Waals surface area contributed by atoms with Crippen molar-refractivity contribution in [2.45, 2.75) is 6.04 Å². The Morgan fingerprint density at radius 2 is 1.78 bits per heavy atom. The van der Waals surface area contributed by atoms with E-state index in [1.54, 1.807) is 7.11 Å². The fraction of sp³-hybridized carbons (Fsp3) is 0.333. The molecule has 2 aromatic carbocycles. The minimum atomic E-state index is 0.167. The molecule has 1 aliphatic heterocycles. The molecule has 0 amide bonds. The highest BCUT2D eigenvalue weighted by molar-refractivity contribution is 9.10. The Bertz CT molecular complexity index is 672. The summed E-state index contributed by atoms with van der Waals surface area (Å²) in [5.74, 6) is 0.924. The first-order valence-corrected chi connectivity index (χ1v) is 9.32. The average molecular weight is 440 g/mol. The van der Waals surface area contributed by atoms with Crippen molar-refractivity contribution >= 4 is 31.9 Å². The van der Waals surface area contributed by atoms with Gasteiger partial charge in [-0.25, -0.2) is 0 Å². The Hall–Kier alpha value is -0.880. The molecule has 0 aliphatic carbocycles. The molecule has 5 heteroatoms. The summed E-state index contributed by atoms with van der Waals surface area (Å²) >= 11 is 7.34. The number of rotatable bonds is 4. The van der Waals surface area contributed by atoms with E-state index in [1.165, 1.54) is 11.1 Å². The van der Waals surface area contributed by atoms with Crippen LogP contribution in [-0.4, -0.2) is 38.2 Å². The molecule has 3 nitrogen and oxygen atoms in total. The van der Waals surface area contributed by atoms with Crippen molar-refractivity contribution in [1.29, 1.82) is 0 Å². The smallest absolute Gasteiger partial charge is 0.124 e. The minimum Gasteiger partial charge on any atom is -0.496 e. The molecule has 0 saturated carbocycles. The fourth-order valence-electron chi connectivity index (χ4n) is 3.12. The van der Waals surface area contributed by atoms with Crippen LogP contribution in [-0.2, 0) is 0 Å². The van der Waals surface area contributed by atoms with Crippen molar-refractivity contribution in [2.24, 2.45) is 0 Å². The van der Waals surface area contributed by atoms with Crippen molar-refractivity contribution in [3.8, 4) is 5.75 Å². The highest BCUT2D eigenvalue weighted by Crippen LogP contribution is 2.39. The van der Waals surface area contributed by atoms with E-state index in [0.29, 0.717) is 0 Å². The Morgan fingerprint density at radius 1 is 1.04 bits per heavy atom. The Morgan fingerprint density at radius 3 is 2.48 bits per heavy atom. The Labute approximate surface area is 154 Å². The van der Waals surface area contributed by atoms with Crippen LogP contribution in [0.3, 0.4) is 0 Å². The van der Waals surface area contributed by atoms with E-state index < -0.39 is 0 Å². The molecule has 3 rings (SSSR count). The molecule has 1 heterocycles. The van der Waals surface area contributed by atoms with Gasteiger partial charge in [-0.1, -0.05) is 50.1 Å². The first-order chi connectivity index (χ1) is 11.2. The molecule has 1 N–H and O–H groups in total. The second kappa shape index (κ2) is 7.79. The van der Waals surface area contributed by atoms with E-state index >= 15 is 0 Å². The molecule has 23 heavy (non-hydrogen) atoms. The SMILES string of the molecule is COc1ccc(Br)cc1C(c1ccccc1Br)N1CCNCC1. The summed E-state index contributed by atoms with van der Waals surface area (Å²) < 4.78 is 7.86.